The number of amides is 1. The number of anilines is 1. The number of hydrogen-bond acceptors (Lipinski definition) is 9. The number of aromatic nitrogens is 4. The third-order valence-corrected chi connectivity index (χ3v) is 13.5. The van der Waals surface area contributed by atoms with Crippen LogP contribution < -0.4 is 15.7 Å². The minimum atomic E-state index is -2.95. The first-order valence-electron chi connectivity index (χ1n) is 15.4. The molecule has 0 spiro atoms. The van der Waals surface area contributed by atoms with Gasteiger partial charge in [-0.25, -0.2) is 15.0 Å². The fraction of sp³-hybridized carbons (Fsp3) is 0.286. The third kappa shape index (κ3) is 6.13. The monoisotopic (exact) mass is 651 g/mol. The van der Waals surface area contributed by atoms with Crippen molar-refractivity contribution in [3.63, 3.8) is 0 Å². The molecule has 6 rings (SSSR count). The van der Waals surface area contributed by atoms with Crippen LogP contribution in [0.25, 0.3) is 11.2 Å². The molecule has 1 aliphatic rings. The molecule has 0 saturated carbocycles. The summed E-state index contributed by atoms with van der Waals surface area (Å²) in [7, 11) is -2.95. The molecule has 47 heavy (non-hydrogen) atoms. The standard InChI is InChI=1S/C35H37N5O6Si/c1-35(2,3)47(24-15-9-5-10-16-24,25-17-11-6-12-18-25)45-21-26-29(42)30(43)34(46-26)40-22-36-28-31(37-27(19-20-41)38-32(28)40)39-33(44)23-13-7-4-8-14-23/h4-18,20,22,26,29-30,34,42-43H,19,21H2,1-3H3,(H,37,38,39,44)/t26-,29?,30?,34-/m1/s1. The fourth-order valence-electron chi connectivity index (χ4n) is 6.24. The van der Waals surface area contributed by atoms with Crippen LogP contribution in [0.3, 0.4) is 0 Å². The quantitative estimate of drug-likeness (QED) is 0.153. The van der Waals surface area contributed by atoms with Crippen LogP contribution in [-0.4, -0.2) is 75.2 Å². The molecule has 3 heterocycles. The highest BCUT2D eigenvalue weighted by atomic mass is 28.4. The van der Waals surface area contributed by atoms with Crippen LogP contribution >= 0.6 is 0 Å². The van der Waals surface area contributed by atoms with Gasteiger partial charge in [0.15, 0.2) is 23.2 Å². The minimum absolute atomic E-state index is 0.0123. The number of aliphatic hydroxyl groups is 2. The summed E-state index contributed by atoms with van der Waals surface area (Å²) in [4.78, 5) is 37.7. The van der Waals surface area contributed by atoms with E-state index in [2.05, 4.69) is 65.3 Å². The number of carbonyl (C=O) groups is 2. The van der Waals surface area contributed by atoms with Gasteiger partial charge < -0.3 is 29.5 Å². The Morgan fingerprint density at radius 1 is 0.936 bits per heavy atom. The summed E-state index contributed by atoms with van der Waals surface area (Å²) in [5.74, 6) is -0.151. The van der Waals surface area contributed by atoms with E-state index in [1.54, 1.807) is 30.3 Å². The molecule has 4 atom stereocenters. The van der Waals surface area contributed by atoms with Crippen molar-refractivity contribution in [3.05, 3.63) is 109 Å². The zero-order chi connectivity index (χ0) is 33.2. The smallest absolute Gasteiger partial charge is 0.261 e. The Kier molecular flexibility index (Phi) is 9.13. The normalized spacial score (nSPS) is 19.9. The maximum Gasteiger partial charge on any atom is 0.261 e. The van der Waals surface area contributed by atoms with Gasteiger partial charge in [0, 0.05) is 5.56 Å². The molecular weight excluding hydrogens is 615 g/mol. The number of imidazole rings is 1. The number of rotatable bonds is 10. The van der Waals surface area contributed by atoms with Gasteiger partial charge in [0.05, 0.1) is 19.4 Å². The highest BCUT2D eigenvalue weighted by Gasteiger charge is 2.52. The van der Waals surface area contributed by atoms with Gasteiger partial charge in [0.25, 0.3) is 14.2 Å². The SMILES string of the molecule is CC(C)(C)[Si](OC[C@H]1O[C@@H](n2cnc3c(NC(=O)c4ccccc4)nc(CC=O)nc32)C(O)C1O)(c1ccccc1)c1ccccc1. The summed E-state index contributed by atoms with van der Waals surface area (Å²) in [6, 6.07) is 28.9. The van der Waals surface area contributed by atoms with Gasteiger partial charge in [-0.05, 0) is 27.5 Å². The van der Waals surface area contributed by atoms with Crippen molar-refractivity contribution in [2.24, 2.45) is 0 Å². The van der Waals surface area contributed by atoms with Crippen molar-refractivity contribution in [3.8, 4) is 0 Å². The second kappa shape index (κ2) is 13.3. The Bertz CT molecular complexity index is 1810. The number of fused-ring (bicyclic) bond motifs is 1. The number of carbonyl (C=O) groups excluding carboxylic acids is 2. The van der Waals surface area contributed by atoms with E-state index < -0.39 is 38.8 Å². The zero-order valence-electron chi connectivity index (χ0n) is 26.4. The van der Waals surface area contributed by atoms with Crippen LogP contribution in [0.5, 0.6) is 0 Å². The molecule has 11 nitrogen and oxygen atoms in total. The summed E-state index contributed by atoms with van der Waals surface area (Å²) in [6.07, 6.45) is -2.65. The summed E-state index contributed by atoms with van der Waals surface area (Å²) in [5, 5.41) is 27.2. The summed E-state index contributed by atoms with van der Waals surface area (Å²) in [5.41, 5.74) is 0.878. The lowest BCUT2D eigenvalue weighted by Crippen LogP contribution is -2.67. The van der Waals surface area contributed by atoms with Crippen LogP contribution in [-0.2, 0) is 20.4 Å². The number of aliphatic hydroxyl groups excluding tert-OH is 2. The number of ether oxygens (including phenoxy) is 1. The maximum atomic E-state index is 13.0. The number of benzene rings is 3. The fourth-order valence-corrected chi connectivity index (χ4v) is 10.8. The number of aldehydes is 1. The Morgan fingerprint density at radius 3 is 2.11 bits per heavy atom. The van der Waals surface area contributed by atoms with Crippen LogP contribution in [0.15, 0.2) is 97.3 Å². The van der Waals surface area contributed by atoms with Gasteiger partial charge in [0.1, 0.15) is 30.4 Å². The van der Waals surface area contributed by atoms with E-state index in [1.165, 1.54) is 10.9 Å². The van der Waals surface area contributed by atoms with Crippen molar-refractivity contribution in [1.82, 2.24) is 19.5 Å². The molecule has 1 saturated heterocycles. The Balaban J connectivity index is 1.32. The van der Waals surface area contributed by atoms with E-state index in [1.807, 2.05) is 36.4 Å². The molecule has 1 fully saturated rings. The van der Waals surface area contributed by atoms with Crippen molar-refractivity contribution < 1.29 is 29.0 Å². The lowest BCUT2D eigenvalue weighted by atomic mass is 10.1. The van der Waals surface area contributed by atoms with E-state index in [0.29, 0.717) is 11.8 Å². The highest BCUT2D eigenvalue weighted by molar-refractivity contribution is 6.99. The molecule has 1 amide bonds. The first-order chi connectivity index (χ1) is 22.6. The minimum Gasteiger partial charge on any atom is -0.405 e. The van der Waals surface area contributed by atoms with E-state index in [0.717, 1.165) is 10.4 Å². The molecule has 1 aliphatic heterocycles. The van der Waals surface area contributed by atoms with Gasteiger partial charge in [-0.1, -0.05) is 99.6 Å². The van der Waals surface area contributed by atoms with Gasteiger partial charge >= 0.3 is 0 Å². The molecule has 5 aromatic rings. The average Bonchev–Trinajstić information content (AvgIpc) is 3.62. The Morgan fingerprint density at radius 2 is 1.53 bits per heavy atom. The Labute approximate surface area is 273 Å². The van der Waals surface area contributed by atoms with Crippen molar-refractivity contribution in [2.45, 2.75) is 56.8 Å². The van der Waals surface area contributed by atoms with E-state index in [-0.39, 0.29) is 40.9 Å². The van der Waals surface area contributed by atoms with Crippen molar-refractivity contribution in [1.29, 1.82) is 0 Å². The van der Waals surface area contributed by atoms with E-state index in [4.69, 9.17) is 9.16 Å². The summed E-state index contributed by atoms with van der Waals surface area (Å²) in [6.45, 7) is 6.49. The number of nitrogens with zero attached hydrogens (tertiary/aromatic N) is 4. The topological polar surface area (TPSA) is 149 Å². The first kappa shape index (κ1) is 32.4. The predicted octanol–water partition coefficient (Wildman–Crippen LogP) is 3.02. The van der Waals surface area contributed by atoms with Gasteiger partial charge in [-0.15, -0.1) is 0 Å². The average molecular weight is 652 g/mol. The molecule has 12 heteroatoms. The second-order valence-electron chi connectivity index (χ2n) is 12.5. The molecule has 0 aliphatic carbocycles. The molecule has 3 N–H and O–H groups in total. The highest BCUT2D eigenvalue weighted by Crippen LogP contribution is 2.38. The second-order valence-corrected chi connectivity index (χ2v) is 16.8. The molecular formula is C35H37N5O6Si. The molecule has 0 radical (unpaired) electrons. The lowest BCUT2D eigenvalue weighted by molar-refractivity contribution is -0.107. The van der Waals surface area contributed by atoms with Crippen LogP contribution in [0, 0.1) is 0 Å². The van der Waals surface area contributed by atoms with Crippen molar-refractivity contribution >= 4 is 47.9 Å². The summed E-state index contributed by atoms with van der Waals surface area (Å²) < 4.78 is 14.8. The van der Waals surface area contributed by atoms with Crippen LogP contribution in [0.2, 0.25) is 5.04 Å². The number of hydrogen-bond donors (Lipinski definition) is 3. The zero-order valence-corrected chi connectivity index (χ0v) is 27.4. The lowest BCUT2D eigenvalue weighted by Gasteiger charge is -2.43. The van der Waals surface area contributed by atoms with Gasteiger partial charge in [-0.2, -0.15) is 0 Å². The van der Waals surface area contributed by atoms with Crippen LogP contribution in [0.4, 0.5) is 5.82 Å². The van der Waals surface area contributed by atoms with E-state index >= 15 is 0 Å². The van der Waals surface area contributed by atoms with Crippen LogP contribution in [0.1, 0.15) is 43.2 Å². The van der Waals surface area contributed by atoms with Gasteiger partial charge in [0.2, 0.25) is 0 Å². The first-order valence-corrected chi connectivity index (χ1v) is 17.3. The predicted molar refractivity (Wildman–Crippen MR) is 179 cm³/mol. The largest absolute Gasteiger partial charge is 0.405 e. The maximum absolute atomic E-state index is 13.0. The molecule has 2 unspecified atom stereocenters. The van der Waals surface area contributed by atoms with E-state index in [9.17, 15) is 19.8 Å². The Hall–Kier alpha value is -4.59. The third-order valence-electron chi connectivity index (χ3n) is 8.49. The van der Waals surface area contributed by atoms with Crippen molar-refractivity contribution in [2.75, 3.05) is 11.9 Å². The number of nitrogens with one attached hydrogen (secondary N) is 1. The van der Waals surface area contributed by atoms with Gasteiger partial charge in [-0.3, -0.25) is 9.36 Å². The molecule has 3 aromatic carbocycles. The summed E-state index contributed by atoms with van der Waals surface area (Å²) >= 11 is 0. The molecule has 242 valence electrons. The molecule has 2 aromatic heterocycles. The molecule has 0 bridgehead atoms.